The zero-order valence-corrected chi connectivity index (χ0v) is 15.5. The van der Waals surface area contributed by atoms with Crippen molar-refractivity contribution in [3.8, 4) is 0 Å². The van der Waals surface area contributed by atoms with Gasteiger partial charge in [-0.25, -0.2) is 4.79 Å². The molecule has 0 radical (unpaired) electrons. The second kappa shape index (κ2) is 5.97. The molecular formula is C20H28O5. The molecule has 0 aromatic carbocycles. The molecule has 0 bridgehead atoms. The van der Waals surface area contributed by atoms with Crippen LogP contribution in [0.1, 0.15) is 47.0 Å². The summed E-state index contributed by atoms with van der Waals surface area (Å²) < 4.78 is 11.0. The molecule has 5 nitrogen and oxygen atoms in total. The van der Waals surface area contributed by atoms with Crippen LogP contribution in [0.5, 0.6) is 0 Å². The molecule has 6 atom stereocenters. The van der Waals surface area contributed by atoms with Gasteiger partial charge in [-0.15, -0.1) is 0 Å². The monoisotopic (exact) mass is 348 g/mol. The number of aliphatic hydroxyl groups excluding tert-OH is 1. The van der Waals surface area contributed by atoms with E-state index in [1.165, 1.54) is 0 Å². The molecule has 2 aliphatic carbocycles. The van der Waals surface area contributed by atoms with Crippen molar-refractivity contribution in [2.24, 2.45) is 22.7 Å². The molecule has 5 heteroatoms. The Bertz CT molecular complexity index is 632. The standard InChI is InChI=1S/C20H28O5/c1-6-11(2)17(22)25-14-8-7-12(3)19(5)10-20(16(21)15(14)19)13(4)9-24-18(20)23/h6,12,14-16,21H,4,7-10H2,1-3,5H3. The van der Waals surface area contributed by atoms with E-state index in [4.69, 9.17) is 9.47 Å². The van der Waals surface area contributed by atoms with Gasteiger partial charge in [-0.2, -0.15) is 0 Å². The summed E-state index contributed by atoms with van der Waals surface area (Å²) in [5, 5.41) is 11.2. The zero-order valence-electron chi connectivity index (χ0n) is 15.5. The number of fused-ring (bicyclic) bond motifs is 1. The lowest BCUT2D eigenvalue weighted by atomic mass is 9.61. The molecule has 1 spiro atoms. The van der Waals surface area contributed by atoms with Crippen LogP contribution in [0.15, 0.2) is 23.8 Å². The molecule has 0 aromatic heterocycles. The van der Waals surface area contributed by atoms with E-state index in [2.05, 4.69) is 20.4 Å². The summed E-state index contributed by atoms with van der Waals surface area (Å²) in [4.78, 5) is 24.8. The van der Waals surface area contributed by atoms with Crippen molar-refractivity contribution in [2.45, 2.75) is 59.2 Å². The van der Waals surface area contributed by atoms with Crippen molar-refractivity contribution in [3.63, 3.8) is 0 Å². The van der Waals surface area contributed by atoms with Gasteiger partial charge in [0.05, 0.1) is 6.10 Å². The topological polar surface area (TPSA) is 72.8 Å². The third-order valence-corrected chi connectivity index (χ3v) is 7.06. The number of cyclic esters (lactones) is 1. The SMILES string of the molecule is C=C1COC(=O)C12CC1(C)C(C)CCC(OC(=O)C(C)=CC)C1C2O. The van der Waals surface area contributed by atoms with Crippen LogP contribution in [0.25, 0.3) is 0 Å². The Kier molecular flexibility index (Phi) is 4.34. The zero-order chi connectivity index (χ0) is 18.6. The number of esters is 2. The third-order valence-electron chi connectivity index (χ3n) is 7.06. The van der Waals surface area contributed by atoms with Crippen LogP contribution in [0, 0.1) is 22.7 Å². The van der Waals surface area contributed by atoms with Crippen molar-refractivity contribution in [1.82, 2.24) is 0 Å². The lowest BCUT2D eigenvalue weighted by Crippen LogP contribution is -2.48. The Morgan fingerprint density at radius 2 is 2.12 bits per heavy atom. The number of hydrogen-bond acceptors (Lipinski definition) is 5. The largest absolute Gasteiger partial charge is 0.460 e. The number of carbonyl (C=O) groups is 2. The number of allylic oxidation sites excluding steroid dienone is 1. The van der Waals surface area contributed by atoms with Crippen LogP contribution in [-0.4, -0.2) is 35.9 Å². The van der Waals surface area contributed by atoms with Crippen molar-refractivity contribution in [1.29, 1.82) is 0 Å². The molecule has 0 amide bonds. The number of carbonyl (C=O) groups excluding carboxylic acids is 2. The van der Waals surface area contributed by atoms with Gasteiger partial charge in [-0.3, -0.25) is 4.79 Å². The van der Waals surface area contributed by atoms with Crippen LogP contribution in [0.2, 0.25) is 0 Å². The van der Waals surface area contributed by atoms with Crippen LogP contribution in [0.4, 0.5) is 0 Å². The Labute approximate surface area is 149 Å². The average Bonchev–Trinajstić information content (AvgIpc) is 3.00. The molecule has 1 N–H and O–H groups in total. The van der Waals surface area contributed by atoms with Gasteiger partial charge in [0, 0.05) is 11.5 Å². The van der Waals surface area contributed by atoms with Crippen molar-refractivity contribution >= 4 is 11.9 Å². The van der Waals surface area contributed by atoms with E-state index in [1.807, 2.05) is 0 Å². The quantitative estimate of drug-likeness (QED) is 0.472. The molecule has 0 aromatic rings. The minimum Gasteiger partial charge on any atom is -0.460 e. The highest BCUT2D eigenvalue weighted by atomic mass is 16.5. The first-order valence-electron chi connectivity index (χ1n) is 9.06. The van der Waals surface area contributed by atoms with E-state index < -0.39 is 17.6 Å². The predicted molar refractivity (Wildman–Crippen MR) is 92.5 cm³/mol. The summed E-state index contributed by atoms with van der Waals surface area (Å²) in [6.45, 7) is 11.9. The minimum absolute atomic E-state index is 0.162. The number of ether oxygens (including phenoxy) is 2. The molecule has 1 saturated heterocycles. The summed E-state index contributed by atoms with van der Waals surface area (Å²) >= 11 is 0. The van der Waals surface area contributed by atoms with Crippen molar-refractivity contribution in [2.75, 3.05) is 6.61 Å². The van der Waals surface area contributed by atoms with Gasteiger partial charge in [0.1, 0.15) is 18.1 Å². The maximum absolute atomic E-state index is 12.5. The molecule has 3 fully saturated rings. The van der Waals surface area contributed by atoms with Crippen LogP contribution < -0.4 is 0 Å². The average molecular weight is 348 g/mol. The van der Waals surface area contributed by atoms with E-state index in [-0.39, 0.29) is 29.9 Å². The fourth-order valence-electron chi connectivity index (χ4n) is 5.11. The highest BCUT2D eigenvalue weighted by molar-refractivity contribution is 5.88. The Morgan fingerprint density at radius 1 is 1.44 bits per heavy atom. The summed E-state index contributed by atoms with van der Waals surface area (Å²) in [7, 11) is 0. The molecule has 3 aliphatic rings. The first kappa shape index (κ1) is 18.2. The molecule has 1 aliphatic heterocycles. The lowest BCUT2D eigenvalue weighted by molar-refractivity contribution is -0.161. The van der Waals surface area contributed by atoms with Crippen LogP contribution in [0.3, 0.4) is 0 Å². The molecule has 138 valence electrons. The van der Waals surface area contributed by atoms with Gasteiger partial charge in [0.15, 0.2) is 0 Å². The van der Waals surface area contributed by atoms with Gasteiger partial charge in [-0.1, -0.05) is 26.5 Å². The van der Waals surface area contributed by atoms with Gasteiger partial charge in [0.2, 0.25) is 0 Å². The molecule has 2 saturated carbocycles. The Hall–Kier alpha value is -1.62. The highest BCUT2D eigenvalue weighted by Crippen LogP contribution is 2.65. The number of rotatable bonds is 2. The lowest BCUT2D eigenvalue weighted by Gasteiger charge is -2.46. The summed E-state index contributed by atoms with van der Waals surface area (Å²) in [6, 6.07) is 0. The Morgan fingerprint density at radius 3 is 2.68 bits per heavy atom. The van der Waals surface area contributed by atoms with Gasteiger partial charge < -0.3 is 14.6 Å². The van der Waals surface area contributed by atoms with Gasteiger partial charge in [-0.05, 0) is 50.0 Å². The summed E-state index contributed by atoms with van der Waals surface area (Å²) in [5.74, 6) is -0.731. The van der Waals surface area contributed by atoms with Crippen molar-refractivity contribution in [3.05, 3.63) is 23.8 Å². The number of hydrogen-bond donors (Lipinski definition) is 1. The maximum Gasteiger partial charge on any atom is 0.333 e. The second-order valence-corrected chi connectivity index (χ2v) is 8.20. The third kappa shape index (κ3) is 2.39. The minimum atomic E-state index is -1.06. The molecule has 1 heterocycles. The van der Waals surface area contributed by atoms with Crippen LogP contribution in [-0.2, 0) is 19.1 Å². The first-order chi connectivity index (χ1) is 11.7. The molecule has 25 heavy (non-hydrogen) atoms. The fourth-order valence-corrected chi connectivity index (χ4v) is 5.11. The molecule has 6 unspecified atom stereocenters. The second-order valence-electron chi connectivity index (χ2n) is 8.20. The number of aliphatic hydroxyl groups is 1. The van der Waals surface area contributed by atoms with E-state index in [1.54, 1.807) is 19.9 Å². The summed E-state index contributed by atoms with van der Waals surface area (Å²) in [6.07, 6.45) is 2.46. The Balaban J connectivity index is 1.98. The highest BCUT2D eigenvalue weighted by Gasteiger charge is 2.70. The first-order valence-corrected chi connectivity index (χ1v) is 9.06. The van der Waals surface area contributed by atoms with Crippen LogP contribution >= 0.6 is 0 Å². The maximum atomic E-state index is 12.5. The molecule has 3 rings (SSSR count). The molecular weight excluding hydrogens is 320 g/mol. The smallest absolute Gasteiger partial charge is 0.333 e. The van der Waals surface area contributed by atoms with Gasteiger partial charge in [0.25, 0.3) is 0 Å². The van der Waals surface area contributed by atoms with Gasteiger partial charge >= 0.3 is 11.9 Å². The normalized spacial score (nSPS) is 44.0. The van der Waals surface area contributed by atoms with E-state index in [0.717, 1.165) is 6.42 Å². The van der Waals surface area contributed by atoms with Crippen molar-refractivity contribution < 1.29 is 24.2 Å². The van der Waals surface area contributed by atoms with E-state index in [0.29, 0.717) is 29.9 Å². The summed E-state index contributed by atoms with van der Waals surface area (Å²) in [5.41, 5.74) is -0.174. The van der Waals surface area contributed by atoms with E-state index in [9.17, 15) is 14.7 Å². The predicted octanol–water partition coefficient (Wildman–Crippen LogP) is 2.78. The fraction of sp³-hybridized carbons (Fsp3) is 0.700. The van der Waals surface area contributed by atoms with E-state index >= 15 is 0 Å².